The summed E-state index contributed by atoms with van der Waals surface area (Å²) in [6.07, 6.45) is 2.35. The van der Waals surface area contributed by atoms with Crippen molar-refractivity contribution in [2.45, 2.75) is 38.6 Å². The van der Waals surface area contributed by atoms with Gasteiger partial charge >= 0.3 is 5.97 Å². The molecule has 2 aromatic carbocycles. The number of amides is 1. The van der Waals surface area contributed by atoms with Gasteiger partial charge in [0.25, 0.3) is 5.91 Å². The summed E-state index contributed by atoms with van der Waals surface area (Å²) in [5, 5.41) is 9.29. The number of carboxylic acid groups (broad SMARTS) is 1. The van der Waals surface area contributed by atoms with Crippen LogP contribution < -0.4 is 0 Å². The summed E-state index contributed by atoms with van der Waals surface area (Å²) in [6, 6.07) is 12.2. The van der Waals surface area contributed by atoms with Crippen LogP contribution in [0.1, 0.15) is 73.3 Å². The van der Waals surface area contributed by atoms with E-state index in [0.29, 0.717) is 46.6 Å². The van der Waals surface area contributed by atoms with E-state index in [-0.39, 0.29) is 35.5 Å². The lowest BCUT2D eigenvalue weighted by molar-refractivity contribution is 0.0695. The third-order valence-corrected chi connectivity index (χ3v) is 6.70. The minimum absolute atomic E-state index is 0.0818. The molecule has 172 valence electrons. The van der Waals surface area contributed by atoms with E-state index in [9.17, 15) is 23.9 Å². The highest BCUT2D eigenvalue weighted by Crippen LogP contribution is 2.45. The molecule has 1 saturated heterocycles. The lowest BCUT2D eigenvalue weighted by atomic mass is 9.88. The molecule has 0 bridgehead atoms. The second-order valence-electron chi connectivity index (χ2n) is 8.80. The van der Waals surface area contributed by atoms with E-state index in [1.165, 1.54) is 24.3 Å². The summed E-state index contributed by atoms with van der Waals surface area (Å²) < 4.78 is 13.2. The molecule has 1 atom stereocenters. The van der Waals surface area contributed by atoms with Crippen molar-refractivity contribution in [3.05, 3.63) is 88.0 Å². The molecule has 6 nitrogen and oxygen atoms in total. The van der Waals surface area contributed by atoms with Crippen LogP contribution in [-0.4, -0.2) is 39.2 Å². The number of Topliss-reactive ketones (excluding diaryl/α,β-unsaturated/α-hetero) is 1. The number of carbonyl (C=O) groups excluding carboxylic acids is 2. The second kappa shape index (κ2) is 8.48. The number of aryl methyl sites for hydroxylation is 2. The van der Waals surface area contributed by atoms with Crippen LogP contribution in [-0.2, 0) is 6.42 Å². The van der Waals surface area contributed by atoms with Gasteiger partial charge in [-0.25, -0.2) is 9.18 Å². The van der Waals surface area contributed by atoms with Gasteiger partial charge in [-0.05, 0) is 61.6 Å². The second-order valence-corrected chi connectivity index (χ2v) is 8.80. The lowest BCUT2D eigenvalue weighted by Gasteiger charge is -2.16. The highest BCUT2D eigenvalue weighted by molar-refractivity contribution is 6.12. The highest BCUT2D eigenvalue weighted by atomic mass is 19.1. The van der Waals surface area contributed by atoms with Gasteiger partial charge in [-0.2, -0.15) is 0 Å². The Morgan fingerprint density at radius 1 is 1.09 bits per heavy atom. The number of nitrogens with zero attached hydrogens (tertiary/aromatic N) is 2. The molecule has 5 rings (SSSR count). The molecule has 0 spiro atoms. The molecule has 3 heterocycles. The summed E-state index contributed by atoms with van der Waals surface area (Å²) in [6.45, 7) is 2.44. The fraction of sp³-hybridized carbons (Fsp3) is 0.259. The minimum Gasteiger partial charge on any atom is -0.478 e. The SMILES string of the molecule is Cc1nc2c(c(-c3ccc(C(=O)O)cc3)c1C(=O)CCc1ccc(F)cc1)C(=O)N1CCC[C@@H]21. The molecule has 1 N–H and O–H groups in total. The van der Waals surface area contributed by atoms with Crippen LogP contribution in [0.3, 0.4) is 0 Å². The molecule has 0 unspecified atom stereocenters. The summed E-state index contributed by atoms with van der Waals surface area (Å²) in [7, 11) is 0. The number of halogens is 1. The standard InChI is InChI=1S/C27H23FN2O4/c1-15-22(21(31)13-6-16-4-11-19(28)12-5-16)23(17-7-9-18(10-8-17)27(33)34)24-25(29-15)20-3-2-14-30(20)26(24)32/h4-5,7-12,20H,2-3,6,13-14H2,1H3,(H,33,34)/t20-/m0/s1. The average molecular weight is 458 g/mol. The van der Waals surface area contributed by atoms with Gasteiger partial charge in [-0.15, -0.1) is 0 Å². The van der Waals surface area contributed by atoms with Crippen LogP contribution >= 0.6 is 0 Å². The summed E-state index contributed by atoms with van der Waals surface area (Å²) >= 11 is 0. The molecule has 2 aliphatic heterocycles. The molecular formula is C27H23FN2O4. The van der Waals surface area contributed by atoms with E-state index in [2.05, 4.69) is 0 Å². The quantitative estimate of drug-likeness (QED) is 0.525. The molecule has 1 aromatic heterocycles. The van der Waals surface area contributed by atoms with Crippen LogP contribution in [0, 0.1) is 12.7 Å². The maximum atomic E-state index is 13.5. The number of ketones is 1. The molecule has 7 heteroatoms. The average Bonchev–Trinajstić information content (AvgIpc) is 3.41. The van der Waals surface area contributed by atoms with Crippen molar-refractivity contribution < 1.29 is 23.9 Å². The van der Waals surface area contributed by atoms with Crippen molar-refractivity contribution in [1.82, 2.24) is 9.88 Å². The van der Waals surface area contributed by atoms with Crippen LogP contribution in [0.15, 0.2) is 48.5 Å². The Bertz CT molecular complexity index is 1320. The molecule has 0 saturated carbocycles. The minimum atomic E-state index is -1.05. The monoisotopic (exact) mass is 458 g/mol. The van der Waals surface area contributed by atoms with E-state index in [4.69, 9.17) is 4.98 Å². The Morgan fingerprint density at radius 3 is 2.47 bits per heavy atom. The Kier molecular flexibility index (Phi) is 5.48. The fourth-order valence-electron chi connectivity index (χ4n) is 5.07. The first-order valence-electron chi connectivity index (χ1n) is 11.3. The van der Waals surface area contributed by atoms with E-state index in [0.717, 1.165) is 18.4 Å². The van der Waals surface area contributed by atoms with Gasteiger partial charge in [0.1, 0.15) is 5.82 Å². The lowest BCUT2D eigenvalue weighted by Crippen LogP contribution is -2.23. The maximum Gasteiger partial charge on any atom is 0.335 e. The number of carbonyl (C=O) groups is 3. The van der Waals surface area contributed by atoms with Gasteiger partial charge in [0.15, 0.2) is 5.78 Å². The van der Waals surface area contributed by atoms with Gasteiger partial charge in [-0.3, -0.25) is 14.6 Å². The Labute approximate surface area is 196 Å². The molecule has 1 fully saturated rings. The van der Waals surface area contributed by atoms with Crippen molar-refractivity contribution in [2.24, 2.45) is 0 Å². The number of pyridine rings is 1. The van der Waals surface area contributed by atoms with Gasteiger partial charge in [0.2, 0.25) is 0 Å². The smallest absolute Gasteiger partial charge is 0.335 e. The number of carboxylic acids is 1. The predicted octanol–water partition coefficient (Wildman–Crippen LogP) is 5.00. The molecule has 2 aliphatic rings. The normalized spacial score (nSPS) is 16.5. The first-order valence-corrected chi connectivity index (χ1v) is 11.3. The molecule has 3 aromatic rings. The first-order chi connectivity index (χ1) is 16.3. The first kappa shape index (κ1) is 21.9. The van der Waals surface area contributed by atoms with Crippen LogP contribution in [0.25, 0.3) is 11.1 Å². The zero-order chi connectivity index (χ0) is 24.0. The van der Waals surface area contributed by atoms with Gasteiger partial charge < -0.3 is 10.0 Å². The zero-order valence-electron chi connectivity index (χ0n) is 18.7. The highest BCUT2D eigenvalue weighted by Gasteiger charge is 2.44. The fourth-order valence-corrected chi connectivity index (χ4v) is 5.07. The Balaban J connectivity index is 1.61. The Morgan fingerprint density at radius 2 is 1.79 bits per heavy atom. The van der Waals surface area contributed by atoms with Crippen molar-refractivity contribution in [3.8, 4) is 11.1 Å². The Hall–Kier alpha value is -3.87. The topological polar surface area (TPSA) is 87.6 Å². The van der Waals surface area contributed by atoms with Gasteiger partial charge in [0, 0.05) is 29.8 Å². The number of rotatable bonds is 6. The summed E-state index contributed by atoms with van der Waals surface area (Å²) in [4.78, 5) is 44.8. The third kappa shape index (κ3) is 3.67. The van der Waals surface area contributed by atoms with Crippen molar-refractivity contribution in [2.75, 3.05) is 6.54 Å². The van der Waals surface area contributed by atoms with Crippen LogP contribution in [0.2, 0.25) is 0 Å². The number of fused-ring (bicyclic) bond motifs is 3. The number of aromatic nitrogens is 1. The maximum absolute atomic E-state index is 13.5. The third-order valence-electron chi connectivity index (χ3n) is 6.70. The van der Waals surface area contributed by atoms with Crippen molar-refractivity contribution in [1.29, 1.82) is 0 Å². The summed E-state index contributed by atoms with van der Waals surface area (Å²) in [5.41, 5.74) is 4.21. The number of hydrogen-bond donors (Lipinski definition) is 1. The van der Waals surface area contributed by atoms with E-state index in [1.54, 1.807) is 31.2 Å². The van der Waals surface area contributed by atoms with E-state index in [1.807, 2.05) is 4.90 Å². The number of benzene rings is 2. The van der Waals surface area contributed by atoms with Crippen LogP contribution in [0.5, 0.6) is 0 Å². The molecule has 1 amide bonds. The summed E-state index contributed by atoms with van der Waals surface area (Å²) in [5.74, 6) is -1.67. The number of hydrogen-bond acceptors (Lipinski definition) is 4. The van der Waals surface area contributed by atoms with Crippen LogP contribution in [0.4, 0.5) is 4.39 Å². The van der Waals surface area contributed by atoms with Crippen molar-refractivity contribution in [3.63, 3.8) is 0 Å². The molecule has 0 aliphatic carbocycles. The van der Waals surface area contributed by atoms with E-state index >= 15 is 0 Å². The van der Waals surface area contributed by atoms with Gasteiger partial charge in [0.05, 0.1) is 22.9 Å². The largest absolute Gasteiger partial charge is 0.478 e. The number of aromatic carboxylic acids is 1. The molecule has 34 heavy (non-hydrogen) atoms. The van der Waals surface area contributed by atoms with Crippen molar-refractivity contribution >= 4 is 17.7 Å². The van der Waals surface area contributed by atoms with E-state index < -0.39 is 5.97 Å². The molecular weight excluding hydrogens is 435 g/mol. The predicted molar refractivity (Wildman–Crippen MR) is 123 cm³/mol. The zero-order valence-corrected chi connectivity index (χ0v) is 18.7. The van der Waals surface area contributed by atoms with Gasteiger partial charge in [-0.1, -0.05) is 24.3 Å². The molecule has 0 radical (unpaired) electrons.